The molecule has 0 atom stereocenters. The Morgan fingerprint density at radius 3 is 2.31 bits per heavy atom. The van der Waals surface area contributed by atoms with Crippen molar-refractivity contribution in [3.05, 3.63) is 11.4 Å². The number of rotatable bonds is 4. The van der Waals surface area contributed by atoms with Crippen LogP contribution in [-0.2, 0) is 19.4 Å². The van der Waals surface area contributed by atoms with E-state index in [-0.39, 0.29) is 5.41 Å². The molecule has 0 radical (unpaired) electrons. The van der Waals surface area contributed by atoms with E-state index in [4.69, 9.17) is 0 Å². The van der Waals surface area contributed by atoms with Gasteiger partial charge in [-0.25, -0.2) is 4.68 Å². The van der Waals surface area contributed by atoms with Crippen LogP contribution < -0.4 is 0 Å². The van der Waals surface area contributed by atoms with Crippen LogP contribution in [0.3, 0.4) is 0 Å². The van der Waals surface area contributed by atoms with Gasteiger partial charge in [0.2, 0.25) is 0 Å². The van der Waals surface area contributed by atoms with Crippen molar-refractivity contribution in [1.29, 1.82) is 0 Å². The van der Waals surface area contributed by atoms with Crippen LogP contribution >= 0.6 is 0 Å². The van der Waals surface area contributed by atoms with E-state index < -0.39 is 0 Å². The Hall–Kier alpha value is -0.860. The number of aryl methyl sites for hydroxylation is 1. The van der Waals surface area contributed by atoms with E-state index in [0.29, 0.717) is 5.92 Å². The van der Waals surface area contributed by atoms with Gasteiger partial charge in [-0.2, -0.15) is 0 Å². The molecule has 0 aromatic carbocycles. The molecule has 0 bridgehead atoms. The van der Waals surface area contributed by atoms with Gasteiger partial charge in [-0.05, 0) is 31.1 Å². The van der Waals surface area contributed by atoms with Gasteiger partial charge in [0.05, 0.1) is 11.4 Å². The summed E-state index contributed by atoms with van der Waals surface area (Å²) in [5, 5.41) is 8.58. The molecule has 3 heteroatoms. The van der Waals surface area contributed by atoms with E-state index >= 15 is 0 Å². The Morgan fingerprint density at radius 1 is 1.25 bits per heavy atom. The first-order chi connectivity index (χ1) is 7.33. The molecule has 0 spiro atoms. The Labute approximate surface area is 99.2 Å². The number of hydrogen-bond acceptors (Lipinski definition) is 2. The first kappa shape index (κ1) is 13.2. The predicted molar refractivity (Wildman–Crippen MR) is 67.4 cm³/mol. The third-order valence-electron chi connectivity index (χ3n) is 2.52. The first-order valence-corrected chi connectivity index (χ1v) is 6.24. The lowest BCUT2D eigenvalue weighted by Crippen LogP contribution is -2.13. The summed E-state index contributed by atoms with van der Waals surface area (Å²) in [4.78, 5) is 0. The Kier molecular flexibility index (Phi) is 4.11. The summed E-state index contributed by atoms with van der Waals surface area (Å²) in [5.74, 6) is 0.655. The maximum Gasteiger partial charge on any atom is 0.0864 e. The fourth-order valence-corrected chi connectivity index (χ4v) is 1.87. The monoisotopic (exact) mass is 223 g/mol. The van der Waals surface area contributed by atoms with Gasteiger partial charge in [0.15, 0.2) is 0 Å². The van der Waals surface area contributed by atoms with E-state index in [2.05, 4.69) is 51.9 Å². The lowest BCUT2D eigenvalue weighted by molar-refractivity contribution is 0.403. The smallest absolute Gasteiger partial charge is 0.0864 e. The molecule has 3 nitrogen and oxygen atoms in total. The van der Waals surface area contributed by atoms with Crippen LogP contribution in [0.4, 0.5) is 0 Å². The minimum Gasteiger partial charge on any atom is -0.249 e. The molecular formula is C13H25N3. The van der Waals surface area contributed by atoms with Gasteiger partial charge in [0, 0.05) is 6.54 Å². The summed E-state index contributed by atoms with van der Waals surface area (Å²) < 4.78 is 2.04. The van der Waals surface area contributed by atoms with Gasteiger partial charge < -0.3 is 0 Å². The molecule has 0 saturated heterocycles. The number of hydrogen-bond donors (Lipinski definition) is 0. The second kappa shape index (κ2) is 4.98. The maximum atomic E-state index is 4.34. The van der Waals surface area contributed by atoms with Gasteiger partial charge in [-0.15, -0.1) is 5.10 Å². The third kappa shape index (κ3) is 3.62. The molecule has 1 rings (SSSR count). The average Bonchev–Trinajstić information content (AvgIpc) is 2.45. The fourth-order valence-electron chi connectivity index (χ4n) is 1.87. The minimum absolute atomic E-state index is 0.278. The summed E-state index contributed by atoms with van der Waals surface area (Å²) in [6.07, 6.45) is 2.08. The summed E-state index contributed by atoms with van der Waals surface area (Å²) in [5.41, 5.74) is 2.79. The largest absolute Gasteiger partial charge is 0.249 e. The highest BCUT2D eigenvalue weighted by molar-refractivity contribution is 5.12. The van der Waals surface area contributed by atoms with Crippen molar-refractivity contribution in [2.75, 3.05) is 0 Å². The highest BCUT2D eigenvalue weighted by Gasteiger charge is 2.19. The highest BCUT2D eigenvalue weighted by atomic mass is 15.4. The standard InChI is InChI=1S/C13H25N3/c1-7-16-12(8-10(2)3)11(14-15-16)9-13(4,5)6/h10H,7-9H2,1-6H3. The normalized spacial score (nSPS) is 12.4. The van der Waals surface area contributed by atoms with Gasteiger partial charge in [-0.3, -0.25) is 0 Å². The zero-order chi connectivity index (χ0) is 12.3. The molecule has 0 aliphatic rings. The predicted octanol–water partition coefficient (Wildman–Crippen LogP) is 3.09. The SMILES string of the molecule is CCn1nnc(CC(C)(C)C)c1CC(C)C. The van der Waals surface area contributed by atoms with Crippen LogP contribution in [0.5, 0.6) is 0 Å². The zero-order valence-electron chi connectivity index (χ0n) is 11.5. The summed E-state index contributed by atoms with van der Waals surface area (Å²) in [7, 11) is 0. The third-order valence-corrected chi connectivity index (χ3v) is 2.52. The average molecular weight is 223 g/mol. The Bertz CT molecular complexity index is 331. The van der Waals surface area contributed by atoms with Gasteiger partial charge in [-0.1, -0.05) is 39.8 Å². The topological polar surface area (TPSA) is 30.7 Å². The molecule has 1 aromatic heterocycles. The van der Waals surface area contributed by atoms with Crippen LogP contribution in [-0.4, -0.2) is 15.0 Å². The van der Waals surface area contributed by atoms with Crippen molar-refractivity contribution >= 4 is 0 Å². The zero-order valence-corrected chi connectivity index (χ0v) is 11.5. The summed E-state index contributed by atoms with van der Waals surface area (Å²) >= 11 is 0. The van der Waals surface area contributed by atoms with Crippen molar-refractivity contribution in [2.45, 2.75) is 60.9 Å². The molecule has 0 fully saturated rings. The van der Waals surface area contributed by atoms with Gasteiger partial charge in [0.25, 0.3) is 0 Å². The molecule has 0 aliphatic heterocycles. The van der Waals surface area contributed by atoms with Crippen LogP contribution in [0.1, 0.15) is 52.9 Å². The van der Waals surface area contributed by atoms with E-state index in [1.807, 2.05) is 4.68 Å². The van der Waals surface area contributed by atoms with Crippen LogP contribution in [0.25, 0.3) is 0 Å². The van der Waals surface area contributed by atoms with Gasteiger partial charge >= 0.3 is 0 Å². The number of aromatic nitrogens is 3. The van der Waals surface area contributed by atoms with Crippen molar-refractivity contribution in [3.63, 3.8) is 0 Å². The fraction of sp³-hybridized carbons (Fsp3) is 0.846. The van der Waals surface area contributed by atoms with E-state index in [1.54, 1.807) is 0 Å². The van der Waals surface area contributed by atoms with Crippen LogP contribution in [0.15, 0.2) is 0 Å². The molecule has 0 N–H and O–H groups in total. The second-order valence-corrected chi connectivity index (χ2v) is 6.13. The lowest BCUT2D eigenvalue weighted by atomic mass is 9.89. The maximum absolute atomic E-state index is 4.34. The highest BCUT2D eigenvalue weighted by Crippen LogP contribution is 2.22. The van der Waals surface area contributed by atoms with Crippen molar-refractivity contribution in [1.82, 2.24) is 15.0 Å². The van der Waals surface area contributed by atoms with Crippen LogP contribution in [0.2, 0.25) is 0 Å². The molecule has 92 valence electrons. The quantitative estimate of drug-likeness (QED) is 0.785. The molecule has 0 unspecified atom stereocenters. The van der Waals surface area contributed by atoms with Crippen molar-refractivity contribution in [3.8, 4) is 0 Å². The molecular weight excluding hydrogens is 198 g/mol. The Morgan fingerprint density at radius 2 is 1.88 bits per heavy atom. The van der Waals surface area contributed by atoms with E-state index in [1.165, 1.54) is 11.4 Å². The van der Waals surface area contributed by atoms with Crippen molar-refractivity contribution < 1.29 is 0 Å². The lowest BCUT2D eigenvalue weighted by Gasteiger charge is -2.17. The molecule has 0 saturated carbocycles. The molecule has 0 aliphatic carbocycles. The second-order valence-electron chi connectivity index (χ2n) is 6.13. The van der Waals surface area contributed by atoms with E-state index in [0.717, 1.165) is 19.4 Å². The summed E-state index contributed by atoms with van der Waals surface area (Å²) in [6, 6.07) is 0. The molecule has 1 heterocycles. The van der Waals surface area contributed by atoms with Crippen molar-refractivity contribution in [2.24, 2.45) is 11.3 Å². The van der Waals surface area contributed by atoms with E-state index in [9.17, 15) is 0 Å². The Balaban J connectivity index is 2.95. The molecule has 16 heavy (non-hydrogen) atoms. The summed E-state index contributed by atoms with van der Waals surface area (Å²) in [6.45, 7) is 14.3. The number of nitrogens with zero attached hydrogens (tertiary/aromatic N) is 3. The first-order valence-electron chi connectivity index (χ1n) is 6.24. The molecule has 0 amide bonds. The minimum atomic E-state index is 0.278. The molecule has 1 aromatic rings. The van der Waals surface area contributed by atoms with Crippen LogP contribution in [0, 0.1) is 11.3 Å². The van der Waals surface area contributed by atoms with Gasteiger partial charge in [0.1, 0.15) is 0 Å².